The van der Waals surface area contributed by atoms with Crippen LogP contribution in [0.5, 0.6) is 0 Å². The van der Waals surface area contributed by atoms with E-state index in [0.29, 0.717) is 32.9 Å². The summed E-state index contributed by atoms with van der Waals surface area (Å²) in [4.78, 5) is 4.14. The highest BCUT2D eigenvalue weighted by Crippen LogP contribution is 2.13. The maximum absolute atomic E-state index is 6.09. The highest BCUT2D eigenvalue weighted by molar-refractivity contribution is 6.31. The largest absolute Gasteiger partial charge is 0.382 e. The van der Waals surface area contributed by atoms with Crippen LogP contribution in [0.4, 0.5) is 0 Å². The SMILES string of the molecule is CN=C(NCCOCCOC)NCc1ccccc1Cl. The van der Waals surface area contributed by atoms with Gasteiger partial charge in [-0.2, -0.15) is 0 Å². The van der Waals surface area contributed by atoms with E-state index in [-0.39, 0.29) is 0 Å². The zero-order valence-corrected chi connectivity index (χ0v) is 12.7. The quantitative estimate of drug-likeness (QED) is 0.435. The Balaban J connectivity index is 2.22. The third kappa shape index (κ3) is 6.75. The van der Waals surface area contributed by atoms with Crippen molar-refractivity contribution in [1.29, 1.82) is 0 Å². The van der Waals surface area contributed by atoms with Crippen LogP contribution in [-0.2, 0) is 16.0 Å². The van der Waals surface area contributed by atoms with Crippen molar-refractivity contribution in [2.45, 2.75) is 6.54 Å². The molecule has 2 N–H and O–H groups in total. The van der Waals surface area contributed by atoms with Crippen molar-refractivity contribution >= 4 is 17.6 Å². The Hall–Kier alpha value is -1.30. The monoisotopic (exact) mass is 299 g/mol. The molecule has 5 nitrogen and oxygen atoms in total. The van der Waals surface area contributed by atoms with Gasteiger partial charge in [0.2, 0.25) is 0 Å². The van der Waals surface area contributed by atoms with E-state index < -0.39 is 0 Å². The average molecular weight is 300 g/mol. The lowest BCUT2D eigenvalue weighted by molar-refractivity contribution is 0.0733. The van der Waals surface area contributed by atoms with Crippen molar-refractivity contribution in [2.24, 2.45) is 4.99 Å². The molecule has 0 saturated carbocycles. The van der Waals surface area contributed by atoms with Gasteiger partial charge in [0.1, 0.15) is 0 Å². The first-order valence-electron chi connectivity index (χ1n) is 6.52. The predicted octanol–water partition coefficient (Wildman–Crippen LogP) is 1.67. The van der Waals surface area contributed by atoms with Crippen molar-refractivity contribution in [2.75, 3.05) is 40.5 Å². The summed E-state index contributed by atoms with van der Waals surface area (Å²) in [5, 5.41) is 7.12. The molecule has 1 aromatic rings. The van der Waals surface area contributed by atoms with Gasteiger partial charge in [-0.1, -0.05) is 29.8 Å². The summed E-state index contributed by atoms with van der Waals surface area (Å²) in [6.07, 6.45) is 0. The van der Waals surface area contributed by atoms with Crippen LogP contribution in [0.1, 0.15) is 5.56 Å². The number of ether oxygens (including phenoxy) is 2. The van der Waals surface area contributed by atoms with Crippen LogP contribution in [-0.4, -0.2) is 46.5 Å². The molecule has 0 atom stereocenters. The standard InChI is InChI=1S/C14H22ClN3O2/c1-16-14(17-7-8-20-10-9-19-2)18-11-12-5-3-4-6-13(12)15/h3-6H,7-11H2,1-2H3,(H2,16,17,18). The van der Waals surface area contributed by atoms with Crippen LogP contribution in [0.3, 0.4) is 0 Å². The summed E-state index contributed by atoms with van der Waals surface area (Å²) in [6, 6.07) is 7.73. The second kappa shape index (κ2) is 10.5. The van der Waals surface area contributed by atoms with Gasteiger partial charge in [-0.3, -0.25) is 4.99 Å². The molecule has 112 valence electrons. The van der Waals surface area contributed by atoms with Crippen LogP contribution in [0.15, 0.2) is 29.3 Å². The summed E-state index contributed by atoms with van der Waals surface area (Å²) < 4.78 is 10.3. The third-order valence-electron chi connectivity index (χ3n) is 2.60. The number of guanidine groups is 1. The smallest absolute Gasteiger partial charge is 0.191 e. The van der Waals surface area contributed by atoms with Gasteiger partial charge in [-0.05, 0) is 11.6 Å². The Kier molecular flexibility index (Phi) is 8.78. The topological polar surface area (TPSA) is 54.9 Å². The van der Waals surface area contributed by atoms with Gasteiger partial charge in [0.05, 0.1) is 19.8 Å². The summed E-state index contributed by atoms with van der Waals surface area (Å²) >= 11 is 6.09. The van der Waals surface area contributed by atoms with E-state index in [2.05, 4.69) is 15.6 Å². The maximum atomic E-state index is 6.09. The normalized spacial score (nSPS) is 11.4. The Morgan fingerprint density at radius 1 is 1.20 bits per heavy atom. The van der Waals surface area contributed by atoms with Gasteiger partial charge < -0.3 is 20.1 Å². The fourth-order valence-corrected chi connectivity index (χ4v) is 1.73. The molecule has 0 aromatic heterocycles. The molecule has 0 aliphatic rings. The molecule has 1 aromatic carbocycles. The first-order chi connectivity index (χ1) is 9.77. The molecule has 0 amide bonds. The second-order valence-electron chi connectivity index (χ2n) is 4.05. The summed E-state index contributed by atoms with van der Waals surface area (Å²) in [6.45, 7) is 3.13. The molecular weight excluding hydrogens is 278 g/mol. The Labute approximate surface area is 125 Å². The van der Waals surface area contributed by atoms with E-state index in [1.54, 1.807) is 14.2 Å². The molecule has 6 heteroatoms. The number of nitrogens with one attached hydrogen (secondary N) is 2. The molecule has 0 fully saturated rings. The molecule has 0 aliphatic carbocycles. The van der Waals surface area contributed by atoms with Crippen molar-refractivity contribution in [1.82, 2.24) is 10.6 Å². The van der Waals surface area contributed by atoms with Crippen molar-refractivity contribution in [3.8, 4) is 0 Å². The average Bonchev–Trinajstić information content (AvgIpc) is 2.47. The summed E-state index contributed by atoms with van der Waals surface area (Å²) in [5.74, 6) is 0.722. The van der Waals surface area contributed by atoms with Crippen LogP contribution in [0.2, 0.25) is 5.02 Å². The number of nitrogens with zero attached hydrogens (tertiary/aromatic N) is 1. The van der Waals surface area contributed by atoms with Crippen molar-refractivity contribution in [3.63, 3.8) is 0 Å². The second-order valence-corrected chi connectivity index (χ2v) is 4.46. The van der Waals surface area contributed by atoms with Crippen molar-refractivity contribution in [3.05, 3.63) is 34.9 Å². The minimum atomic E-state index is 0.601. The Morgan fingerprint density at radius 3 is 2.70 bits per heavy atom. The van der Waals surface area contributed by atoms with E-state index >= 15 is 0 Å². The van der Waals surface area contributed by atoms with Gasteiger partial charge in [-0.15, -0.1) is 0 Å². The molecule has 0 saturated heterocycles. The zero-order valence-electron chi connectivity index (χ0n) is 12.0. The minimum absolute atomic E-state index is 0.601. The predicted molar refractivity (Wildman–Crippen MR) is 82.3 cm³/mol. The molecular formula is C14H22ClN3O2. The van der Waals surface area contributed by atoms with E-state index in [0.717, 1.165) is 16.5 Å². The molecule has 1 rings (SSSR count). The van der Waals surface area contributed by atoms with Gasteiger partial charge in [0.25, 0.3) is 0 Å². The van der Waals surface area contributed by atoms with Gasteiger partial charge in [0.15, 0.2) is 5.96 Å². The lowest BCUT2D eigenvalue weighted by atomic mass is 10.2. The molecule has 20 heavy (non-hydrogen) atoms. The van der Waals surface area contributed by atoms with E-state index in [4.69, 9.17) is 21.1 Å². The molecule has 0 unspecified atom stereocenters. The van der Waals surface area contributed by atoms with Gasteiger partial charge in [0, 0.05) is 32.3 Å². The van der Waals surface area contributed by atoms with Gasteiger partial charge >= 0.3 is 0 Å². The number of rotatable bonds is 8. The molecule has 0 radical (unpaired) electrons. The number of aliphatic imine (C=N–C) groups is 1. The number of methoxy groups -OCH3 is 1. The summed E-state index contributed by atoms with van der Waals surface area (Å²) in [7, 11) is 3.38. The molecule has 0 bridgehead atoms. The van der Waals surface area contributed by atoms with Crippen molar-refractivity contribution < 1.29 is 9.47 Å². The lowest BCUT2D eigenvalue weighted by Crippen LogP contribution is -2.38. The number of halogens is 1. The molecule has 0 spiro atoms. The van der Waals surface area contributed by atoms with E-state index in [1.807, 2.05) is 24.3 Å². The molecule has 0 aliphatic heterocycles. The fraction of sp³-hybridized carbons (Fsp3) is 0.500. The van der Waals surface area contributed by atoms with E-state index in [1.165, 1.54) is 0 Å². The first-order valence-corrected chi connectivity index (χ1v) is 6.90. The minimum Gasteiger partial charge on any atom is -0.382 e. The lowest BCUT2D eigenvalue weighted by Gasteiger charge is -2.12. The van der Waals surface area contributed by atoms with Crippen LogP contribution in [0, 0.1) is 0 Å². The van der Waals surface area contributed by atoms with Crippen LogP contribution >= 0.6 is 11.6 Å². The van der Waals surface area contributed by atoms with Crippen LogP contribution in [0.25, 0.3) is 0 Å². The van der Waals surface area contributed by atoms with Gasteiger partial charge in [-0.25, -0.2) is 0 Å². The number of hydrogen-bond acceptors (Lipinski definition) is 3. The number of hydrogen-bond donors (Lipinski definition) is 2. The number of benzene rings is 1. The molecule has 0 heterocycles. The highest BCUT2D eigenvalue weighted by atomic mass is 35.5. The Bertz CT molecular complexity index is 413. The highest BCUT2D eigenvalue weighted by Gasteiger charge is 2.01. The Morgan fingerprint density at radius 2 is 2.00 bits per heavy atom. The van der Waals surface area contributed by atoms with E-state index in [9.17, 15) is 0 Å². The fourth-order valence-electron chi connectivity index (χ4n) is 1.53. The third-order valence-corrected chi connectivity index (χ3v) is 2.97. The first kappa shape index (κ1) is 16.8. The van der Waals surface area contributed by atoms with Crippen LogP contribution < -0.4 is 10.6 Å². The summed E-state index contributed by atoms with van der Waals surface area (Å²) in [5.41, 5.74) is 1.04. The zero-order chi connectivity index (χ0) is 14.6. The maximum Gasteiger partial charge on any atom is 0.191 e.